The zero-order chi connectivity index (χ0) is 22.5. The topological polar surface area (TPSA) is 106 Å². The number of amides is 3. The van der Waals surface area contributed by atoms with Gasteiger partial charge in [0, 0.05) is 25.1 Å². The van der Waals surface area contributed by atoms with Crippen LogP contribution >= 0.6 is 11.6 Å². The minimum atomic E-state index is -0.655. The van der Waals surface area contributed by atoms with E-state index in [1.807, 2.05) is 0 Å². The van der Waals surface area contributed by atoms with Crippen molar-refractivity contribution in [1.82, 2.24) is 10.9 Å². The summed E-state index contributed by atoms with van der Waals surface area (Å²) >= 11 is 5.98. The van der Waals surface area contributed by atoms with Crippen molar-refractivity contribution < 1.29 is 28.6 Å². The van der Waals surface area contributed by atoms with Gasteiger partial charge in [-0.3, -0.25) is 25.2 Å². The van der Waals surface area contributed by atoms with E-state index in [1.165, 1.54) is 32.3 Å². The van der Waals surface area contributed by atoms with E-state index in [0.29, 0.717) is 22.9 Å². The third kappa shape index (κ3) is 4.66. The number of nitrogens with zero attached hydrogens (tertiary/aromatic N) is 1. The summed E-state index contributed by atoms with van der Waals surface area (Å²) in [5.41, 5.74) is 5.43. The highest BCUT2D eigenvalue weighted by molar-refractivity contribution is 6.33. The molecule has 3 rings (SSSR count). The van der Waals surface area contributed by atoms with Gasteiger partial charge in [0.2, 0.25) is 17.6 Å². The summed E-state index contributed by atoms with van der Waals surface area (Å²) < 4.78 is 15.9. The fraction of sp³-hybridized carbons (Fsp3) is 0.286. The van der Waals surface area contributed by atoms with E-state index >= 15 is 0 Å². The molecule has 2 aromatic carbocycles. The number of carbonyl (C=O) groups is 3. The normalized spacial score (nSPS) is 15.4. The lowest BCUT2D eigenvalue weighted by Crippen LogP contribution is -2.45. The number of ether oxygens (including phenoxy) is 3. The van der Waals surface area contributed by atoms with Crippen molar-refractivity contribution >= 4 is 35.0 Å². The first-order chi connectivity index (χ1) is 14.9. The number of hydrogen-bond donors (Lipinski definition) is 2. The van der Waals surface area contributed by atoms with Gasteiger partial charge in [-0.15, -0.1) is 0 Å². The maximum absolute atomic E-state index is 12.6. The molecule has 0 saturated carbocycles. The SMILES string of the molecule is COc1cc(N2CC(C(=O)NNC(=O)c3ccccc3Cl)CC2=O)cc(OC)c1OC. The minimum absolute atomic E-state index is 0.00947. The number of hydrogen-bond acceptors (Lipinski definition) is 6. The second kappa shape index (κ2) is 9.57. The third-order valence-corrected chi connectivity index (χ3v) is 5.20. The van der Waals surface area contributed by atoms with Gasteiger partial charge in [-0.05, 0) is 12.1 Å². The summed E-state index contributed by atoms with van der Waals surface area (Å²) in [5.74, 6) is -0.746. The van der Waals surface area contributed by atoms with E-state index in [0.717, 1.165) is 0 Å². The van der Waals surface area contributed by atoms with Crippen molar-refractivity contribution in [2.24, 2.45) is 5.92 Å². The Labute approximate surface area is 184 Å². The first-order valence-electron chi connectivity index (χ1n) is 9.34. The van der Waals surface area contributed by atoms with Crippen LogP contribution in [0.3, 0.4) is 0 Å². The van der Waals surface area contributed by atoms with E-state index in [-0.39, 0.29) is 29.5 Å². The fourth-order valence-corrected chi connectivity index (χ4v) is 3.51. The summed E-state index contributed by atoms with van der Waals surface area (Å²) in [6.07, 6.45) is -0.00947. The maximum atomic E-state index is 12.6. The number of benzene rings is 2. The molecule has 0 aliphatic carbocycles. The number of methoxy groups -OCH3 is 3. The van der Waals surface area contributed by atoms with Crippen LogP contribution in [0.15, 0.2) is 36.4 Å². The van der Waals surface area contributed by atoms with E-state index in [9.17, 15) is 14.4 Å². The molecule has 1 fully saturated rings. The number of anilines is 1. The molecule has 1 atom stereocenters. The second-order valence-corrected chi connectivity index (χ2v) is 7.12. The Bertz CT molecular complexity index is 987. The summed E-state index contributed by atoms with van der Waals surface area (Å²) in [7, 11) is 4.44. The van der Waals surface area contributed by atoms with E-state index < -0.39 is 17.7 Å². The monoisotopic (exact) mass is 447 g/mol. The average molecular weight is 448 g/mol. The molecule has 0 radical (unpaired) electrons. The fourth-order valence-electron chi connectivity index (χ4n) is 3.29. The third-order valence-electron chi connectivity index (χ3n) is 4.87. The van der Waals surface area contributed by atoms with Crippen LogP contribution in [0.5, 0.6) is 17.2 Å². The van der Waals surface area contributed by atoms with Crippen molar-refractivity contribution in [2.75, 3.05) is 32.8 Å². The van der Waals surface area contributed by atoms with Gasteiger partial charge in [0.1, 0.15) is 0 Å². The van der Waals surface area contributed by atoms with Crippen LogP contribution < -0.4 is 30.0 Å². The van der Waals surface area contributed by atoms with Gasteiger partial charge < -0.3 is 19.1 Å². The van der Waals surface area contributed by atoms with Crippen LogP contribution in [0.1, 0.15) is 16.8 Å². The van der Waals surface area contributed by atoms with Crippen LogP contribution in [0.2, 0.25) is 5.02 Å². The Morgan fingerprint density at radius 2 is 1.68 bits per heavy atom. The molecule has 2 aromatic rings. The van der Waals surface area contributed by atoms with Gasteiger partial charge in [0.05, 0.1) is 43.5 Å². The molecule has 31 heavy (non-hydrogen) atoms. The number of carbonyl (C=O) groups excluding carboxylic acids is 3. The molecule has 10 heteroatoms. The molecule has 0 bridgehead atoms. The maximum Gasteiger partial charge on any atom is 0.271 e. The van der Waals surface area contributed by atoms with Crippen molar-refractivity contribution in [3.8, 4) is 17.2 Å². The summed E-state index contributed by atoms with van der Waals surface area (Å²) in [6.45, 7) is 0.130. The van der Waals surface area contributed by atoms with Gasteiger partial charge >= 0.3 is 0 Å². The molecule has 0 aromatic heterocycles. The molecule has 1 unspecified atom stereocenters. The lowest BCUT2D eigenvalue weighted by Gasteiger charge is -2.20. The zero-order valence-electron chi connectivity index (χ0n) is 17.2. The highest BCUT2D eigenvalue weighted by Crippen LogP contribution is 2.42. The predicted octanol–water partition coefficient (Wildman–Crippen LogP) is 2.18. The van der Waals surface area contributed by atoms with Crippen LogP contribution in [0.4, 0.5) is 5.69 Å². The van der Waals surface area contributed by atoms with Gasteiger partial charge in [-0.2, -0.15) is 0 Å². The van der Waals surface area contributed by atoms with Crippen LogP contribution in [-0.4, -0.2) is 45.6 Å². The van der Waals surface area contributed by atoms with Crippen LogP contribution in [0.25, 0.3) is 0 Å². The Hall–Kier alpha value is -3.46. The number of nitrogens with one attached hydrogen (secondary N) is 2. The number of halogens is 1. The van der Waals surface area contributed by atoms with Gasteiger partial charge in [0.15, 0.2) is 11.5 Å². The van der Waals surface area contributed by atoms with Gasteiger partial charge in [0.25, 0.3) is 5.91 Å². The molecular weight excluding hydrogens is 426 g/mol. The summed E-state index contributed by atoms with van der Waals surface area (Å²) in [6, 6.07) is 9.74. The van der Waals surface area contributed by atoms with Crippen LogP contribution in [-0.2, 0) is 9.59 Å². The Morgan fingerprint density at radius 1 is 1.03 bits per heavy atom. The molecule has 1 aliphatic rings. The van der Waals surface area contributed by atoms with Crippen molar-refractivity contribution in [3.63, 3.8) is 0 Å². The Kier molecular flexibility index (Phi) is 6.86. The van der Waals surface area contributed by atoms with Crippen molar-refractivity contribution in [3.05, 3.63) is 47.0 Å². The Balaban J connectivity index is 1.69. The number of rotatable bonds is 6. The van der Waals surface area contributed by atoms with E-state index in [2.05, 4.69) is 10.9 Å². The van der Waals surface area contributed by atoms with E-state index in [4.69, 9.17) is 25.8 Å². The highest BCUT2D eigenvalue weighted by Gasteiger charge is 2.36. The molecule has 2 N–H and O–H groups in total. The Morgan fingerprint density at radius 3 is 2.26 bits per heavy atom. The predicted molar refractivity (Wildman–Crippen MR) is 114 cm³/mol. The average Bonchev–Trinajstić information content (AvgIpc) is 3.18. The molecule has 1 aliphatic heterocycles. The summed E-state index contributed by atoms with van der Waals surface area (Å²) in [4.78, 5) is 38.8. The molecule has 164 valence electrons. The minimum Gasteiger partial charge on any atom is -0.493 e. The highest BCUT2D eigenvalue weighted by atomic mass is 35.5. The molecule has 9 nitrogen and oxygen atoms in total. The van der Waals surface area contributed by atoms with E-state index in [1.54, 1.807) is 30.3 Å². The van der Waals surface area contributed by atoms with Gasteiger partial charge in [-0.25, -0.2) is 0 Å². The standard InChI is InChI=1S/C21H22ClN3O6/c1-29-16-9-13(10-17(30-2)19(16)31-3)25-11-12(8-18(25)26)20(27)23-24-21(28)14-6-4-5-7-15(14)22/h4-7,9-10,12H,8,11H2,1-3H3,(H,23,27)(H,24,28). The smallest absolute Gasteiger partial charge is 0.271 e. The molecule has 0 spiro atoms. The molecule has 1 heterocycles. The lowest BCUT2D eigenvalue weighted by molar-refractivity contribution is -0.126. The van der Waals surface area contributed by atoms with Gasteiger partial charge in [-0.1, -0.05) is 23.7 Å². The summed E-state index contributed by atoms with van der Waals surface area (Å²) in [5, 5.41) is 0.263. The van der Waals surface area contributed by atoms with Crippen LogP contribution in [0, 0.1) is 5.92 Å². The first-order valence-corrected chi connectivity index (χ1v) is 9.72. The largest absolute Gasteiger partial charge is 0.493 e. The first kappa shape index (κ1) is 22.2. The second-order valence-electron chi connectivity index (χ2n) is 6.71. The molecule has 1 saturated heterocycles. The molecular formula is C21H22ClN3O6. The zero-order valence-corrected chi connectivity index (χ0v) is 18.0. The quantitative estimate of drug-likeness (QED) is 0.657. The van der Waals surface area contributed by atoms with Crippen molar-refractivity contribution in [1.29, 1.82) is 0 Å². The number of hydrazine groups is 1. The van der Waals surface area contributed by atoms with Crippen molar-refractivity contribution in [2.45, 2.75) is 6.42 Å². The lowest BCUT2D eigenvalue weighted by atomic mass is 10.1. The molecule has 3 amide bonds.